The molecule has 0 unspecified atom stereocenters. The third kappa shape index (κ3) is 2.28. The van der Waals surface area contributed by atoms with Crippen molar-refractivity contribution in [3.05, 3.63) is 29.7 Å². The number of aryl methyl sites for hydroxylation is 1. The molecule has 0 bridgehead atoms. The molecule has 100 valence electrons. The fourth-order valence-corrected chi connectivity index (χ4v) is 2.55. The van der Waals surface area contributed by atoms with Crippen LogP contribution in [-0.4, -0.2) is 17.1 Å². The van der Waals surface area contributed by atoms with Crippen LogP contribution in [0.1, 0.15) is 41.8 Å². The largest absolute Gasteiger partial charge is 0.463 e. The van der Waals surface area contributed by atoms with Crippen molar-refractivity contribution in [3.8, 4) is 11.5 Å². The van der Waals surface area contributed by atoms with Gasteiger partial charge in [0.25, 0.3) is 5.91 Å². The first kappa shape index (κ1) is 12.0. The lowest BCUT2D eigenvalue weighted by molar-refractivity contribution is 0.0936. The van der Waals surface area contributed by atoms with Crippen LogP contribution in [0, 0.1) is 6.92 Å². The molecule has 1 aliphatic rings. The molecular weight excluding hydrogens is 244 g/mol. The van der Waals surface area contributed by atoms with E-state index in [-0.39, 0.29) is 11.9 Å². The number of nitrogens with one attached hydrogen (secondary N) is 1. The topological polar surface area (TPSA) is 68.3 Å². The average Bonchev–Trinajstić information content (AvgIpc) is 3.07. The Kier molecular flexibility index (Phi) is 3.11. The highest BCUT2D eigenvalue weighted by atomic mass is 16.5. The van der Waals surface area contributed by atoms with E-state index in [2.05, 4.69) is 10.5 Å². The number of furan rings is 1. The van der Waals surface area contributed by atoms with Gasteiger partial charge in [0.05, 0.1) is 6.26 Å². The van der Waals surface area contributed by atoms with E-state index in [1.54, 1.807) is 25.3 Å². The molecule has 0 saturated heterocycles. The molecule has 0 aromatic carbocycles. The second kappa shape index (κ2) is 4.91. The van der Waals surface area contributed by atoms with Crippen LogP contribution in [0.5, 0.6) is 0 Å². The van der Waals surface area contributed by atoms with Crippen molar-refractivity contribution in [2.24, 2.45) is 0 Å². The lowest BCUT2D eigenvalue weighted by Crippen LogP contribution is -2.33. The smallest absolute Gasteiger partial charge is 0.257 e. The van der Waals surface area contributed by atoms with E-state index in [0.29, 0.717) is 22.8 Å². The van der Waals surface area contributed by atoms with E-state index < -0.39 is 0 Å². The standard InChI is InChI=1S/C14H16N2O3/c1-9-12(14(17)15-10-5-2-3-6-10)13(16-19-9)11-7-4-8-18-11/h4,7-8,10H,2-3,5-6H2,1H3,(H,15,17). The molecule has 1 fully saturated rings. The zero-order chi connectivity index (χ0) is 13.2. The van der Waals surface area contributed by atoms with Gasteiger partial charge in [0, 0.05) is 6.04 Å². The van der Waals surface area contributed by atoms with Crippen LogP contribution in [0.15, 0.2) is 27.3 Å². The molecule has 1 saturated carbocycles. The van der Waals surface area contributed by atoms with E-state index in [1.165, 1.54) is 12.8 Å². The number of hydrogen-bond donors (Lipinski definition) is 1. The van der Waals surface area contributed by atoms with Crippen LogP contribution in [-0.2, 0) is 0 Å². The van der Waals surface area contributed by atoms with E-state index in [4.69, 9.17) is 8.94 Å². The summed E-state index contributed by atoms with van der Waals surface area (Å²) in [6.45, 7) is 1.74. The van der Waals surface area contributed by atoms with Crippen LogP contribution in [0.4, 0.5) is 0 Å². The minimum absolute atomic E-state index is 0.128. The first-order valence-corrected chi connectivity index (χ1v) is 6.56. The molecule has 1 aliphatic carbocycles. The molecule has 19 heavy (non-hydrogen) atoms. The van der Waals surface area contributed by atoms with E-state index >= 15 is 0 Å². The molecule has 5 nitrogen and oxygen atoms in total. The first-order chi connectivity index (χ1) is 9.25. The SMILES string of the molecule is Cc1onc(-c2ccco2)c1C(=O)NC1CCCC1. The lowest BCUT2D eigenvalue weighted by Gasteiger charge is -2.11. The van der Waals surface area contributed by atoms with Crippen molar-refractivity contribution in [1.29, 1.82) is 0 Å². The summed E-state index contributed by atoms with van der Waals surface area (Å²) < 4.78 is 10.4. The van der Waals surface area contributed by atoms with Crippen LogP contribution < -0.4 is 5.32 Å². The highest BCUT2D eigenvalue weighted by Gasteiger charge is 2.26. The second-order valence-corrected chi connectivity index (χ2v) is 4.89. The molecule has 0 radical (unpaired) electrons. The summed E-state index contributed by atoms with van der Waals surface area (Å²) in [7, 11) is 0. The maximum Gasteiger partial charge on any atom is 0.257 e. The molecule has 0 aliphatic heterocycles. The lowest BCUT2D eigenvalue weighted by atomic mass is 10.1. The van der Waals surface area contributed by atoms with Crippen LogP contribution in [0.3, 0.4) is 0 Å². The van der Waals surface area contributed by atoms with Gasteiger partial charge in [-0.15, -0.1) is 0 Å². The third-order valence-corrected chi connectivity index (χ3v) is 3.53. The van der Waals surface area contributed by atoms with Gasteiger partial charge in [0.2, 0.25) is 0 Å². The van der Waals surface area contributed by atoms with Gasteiger partial charge in [0.1, 0.15) is 11.3 Å². The Labute approximate surface area is 111 Å². The van der Waals surface area contributed by atoms with Gasteiger partial charge in [-0.1, -0.05) is 18.0 Å². The number of nitrogens with zero attached hydrogens (tertiary/aromatic N) is 1. The quantitative estimate of drug-likeness (QED) is 0.921. The van der Waals surface area contributed by atoms with Crippen molar-refractivity contribution in [2.75, 3.05) is 0 Å². The average molecular weight is 260 g/mol. The van der Waals surface area contributed by atoms with Crippen LogP contribution >= 0.6 is 0 Å². The van der Waals surface area contributed by atoms with Gasteiger partial charge in [-0.25, -0.2) is 0 Å². The van der Waals surface area contributed by atoms with E-state index in [1.807, 2.05) is 0 Å². The molecule has 3 rings (SSSR count). The summed E-state index contributed by atoms with van der Waals surface area (Å²) in [6, 6.07) is 3.80. The Morgan fingerprint density at radius 3 is 2.89 bits per heavy atom. The Balaban J connectivity index is 1.87. The van der Waals surface area contributed by atoms with Gasteiger partial charge in [0.15, 0.2) is 11.5 Å². The monoisotopic (exact) mass is 260 g/mol. The Hall–Kier alpha value is -2.04. The molecule has 0 spiro atoms. The Bertz CT molecular complexity index is 566. The van der Waals surface area contributed by atoms with Gasteiger partial charge in [-0.05, 0) is 31.9 Å². The van der Waals surface area contributed by atoms with E-state index in [0.717, 1.165) is 12.8 Å². The molecule has 5 heteroatoms. The molecule has 2 heterocycles. The number of carbonyl (C=O) groups excluding carboxylic acids is 1. The second-order valence-electron chi connectivity index (χ2n) is 4.89. The van der Waals surface area contributed by atoms with Gasteiger partial charge in [-0.3, -0.25) is 4.79 Å². The zero-order valence-electron chi connectivity index (χ0n) is 10.8. The predicted octanol–water partition coefficient (Wildman–Crippen LogP) is 2.92. The maximum atomic E-state index is 12.3. The molecule has 2 aromatic rings. The number of hydrogen-bond acceptors (Lipinski definition) is 4. The molecule has 0 atom stereocenters. The minimum atomic E-state index is -0.128. The Morgan fingerprint density at radius 1 is 1.42 bits per heavy atom. The summed E-state index contributed by atoms with van der Waals surface area (Å²) in [5.41, 5.74) is 0.944. The Morgan fingerprint density at radius 2 is 2.21 bits per heavy atom. The summed E-state index contributed by atoms with van der Waals surface area (Å²) in [4.78, 5) is 12.3. The predicted molar refractivity (Wildman–Crippen MR) is 68.7 cm³/mol. The fourth-order valence-electron chi connectivity index (χ4n) is 2.55. The van der Waals surface area contributed by atoms with Crippen molar-refractivity contribution >= 4 is 5.91 Å². The van der Waals surface area contributed by atoms with Crippen LogP contribution in [0.2, 0.25) is 0 Å². The van der Waals surface area contributed by atoms with Crippen LogP contribution in [0.25, 0.3) is 11.5 Å². The van der Waals surface area contributed by atoms with Crippen molar-refractivity contribution in [1.82, 2.24) is 10.5 Å². The maximum absolute atomic E-state index is 12.3. The minimum Gasteiger partial charge on any atom is -0.463 e. The summed E-state index contributed by atoms with van der Waals surface area (Å²) in [5.74, 6) is 0.937. The summed E-state index contributed by atoms with van der Waals surface area (Å²) >= 11 is 0. The van der Waals surface area contributed by atoms with Gasteiger partial charge >= 0.3 is 0 Å². The summed E-state index contributed by atoms with van der Waals surface area (Å²) in [5, 5.41) is 6.97. The van der Waals surface area contributed by atoms with Crippen molar-refractivity contribution < 1.29 is 13.7 Å². The fraction of sp³-hybridized carbons (Fsp3) is 0.429. The van der Waals surface area contributed by atoms with Crippen molar-refractivity contribution in [3.63, 3.8) is 0 Å². The molecule has 1 amide bonds. The number of carbonyl (C=O) groups is 1. The highest BCUT2D eigenvalue weighted by Crippen LogP contribution is 2.26. The summed E-state index contributed by atoms with van der Waals surface area (Å²) in [6.07, 6.45) is 6.01. The van der Waals surface area contributed by atoms with Gasteiger partial charge < -0.3 is 14.3 Å². The molecule has 1 N–H and O–H groups in total. The highest BCUT2D eigenvalue weighted by molar-refractivity contribution is 6.00. The normalized spacial score (nSPS) is 15.8. The van der Waals surface area contributed by atoms with E-state index in [9.17, 15) is 4.79 Å². The number of aromatic nitrogens is 1. The molecule has 2 aromatic heterocycles. The number of rotatable bonds is 3. The van der Waals surface area contributed by atoms with Crippen molar-refractivity contribution in [2.45, 2.75) is 38.6 Å². The first-order valence-electron chi connectivity index (χ1n) is 6.56. The van der Waals surface area contributed by atoms with Gasteiger partial charge in [-0.2, -0.15) is 0 Å². The third-order valence-electron chi connectivity index (χ3n) is 3.53. The zero-order valence-corrected chi connectivity index (χ0v) is 10.8. The molecular formula is C14H16N2O3. The number of amides is 1.